The highest BCUT2D eigenvalue weighted by atomic mass is 16.5. The van der Waals surface area contributed by atoms with Crippen molar-refractivity contribution < 1.29 is 29.3 Å². The van der Waals surface area contributed by atoms with Gasteiger partial charge in [0.15, 0.2) is 0 Å². The zero-order valence-corrected chi connectivity index (χ0v) is 10.1. The van der Waals surface area contributed by atoms with Crippen LogP contribution in [0.25, 0.3) is 0 Å². The van der Waals surface area contributed by atoms with Crippen molar-refractivity contribution in [2.45, 2.75) is 12.5 Å². The van der Waals surface area contributed by atoms with E-state index in [9.17, 15) is 9.59 Å². The number of ether oxygens (including phenoxy) is 2. The molecule has 7 heteroatoms. The summed E-state index contributed by atoms with van der Waals surface area (Å²) in [4.78, 5) is 23.1. The van der Waals surface area contributed by atoms with Crippen LogP contribution in [0.1, 0.15) is 6.42 Å². The van der Waals surface area contributed by atoms with Crippen LogP contribution >= 0.6 is 0 Å². The number of hydrogen-bond donors (Lipinski definition) is 2. The molecule has 0 saturated heterocycles. The van der Waals surface area contributed by atoms with Gasteiger partial charge in [0.25, 0.3) is 0 Å². The second kappa shape index (κ2) is 8.91. The highest BCUT2D eigenvalue weighted by Crippen LogP contribution is 2.05. The highest BCUT2D eigenvalue weighted by Gasteiger charge is 2.26. The molecule has 0 radical (unpaired) electrons. The predicted molar refractivity (Wildman–Crippen MR) is 59.0 cm³/mol. The van der Waals surface area contributed by atoms with Crippen molar-refractivity contribution in [2.75, 3.05) is 40.5 Å². The fraction of sp³-hybridized carbons (Fsp3) is 0.800. The summed E-state index contributed by atoms with van der Waals surface area (Å²) in [5.41, 5.74) is 0. The van der Waals surface area contributed by atoms with E-state index in [0.29, 0.717) is 0 Å². The summed E-state index contributed by atoms with van der Waals surface area (Å²) in [6, 6.07) is -0.874. The van der Waals surface area contributed by atoms with Crippen LogP contribution in [0.15, 0.2) is 0 Å². The molecule has 0 aliphatic heterocycles. The second-order valence-electron chi connectivity index (χ2n) is 3.49. The van der Waals surface area contributed by atoms with E-state index >= 15 is 0 Å². The summed E-state index contributed by atoms with van der Waals surface area (Å²) < 4.78 is 9.64. The summed E-state index contributed by atoms with van der Waals surface area (Å²) >= 11 is 0. The first-order valence-corrected chi connectivity index (χ1v) is 5.19. The Balaban J connectivity index is 4.54. The van der Waals surface area contributed by atoms with Gasteiger partial charge < -0.3 is 19.7 Å². The molecule has 0 saturated carbocycles. The van der Waals surface area contributed by atoms with Crippen molar-refractivity contribution in [3.05, 3.63) is 0 Å². The van der Waals surface area contributed by atoms with Gasteiger partial charge in [-0.3, -0.25) is 14.5 Å². The first-order chi connectivity index (χ1) is 8.02. The second-order valence-corrected chi connectivity index (χ2v) is 3.49. The van der Waals surface area contributed by atoms with E-state index in [4.69, 9.17) is 19.7 Å². The summed E-state index contributed by atoms with van der Waals surface area (Å²) in [6.07, 6.45) is 0.239. The molecule has 0 heterocycles. The van der Waals surface area contributed by atoms with Gasteiger partial charge in [0.1, 0.15) is 6.04 Å². The molecule has 0 aliphatic rings. The van der Waals surface area contributed by atoms with Crippen LogP contribution in [0.5, 0.6) is 0 Å². The van der Waals surface area contributed by atoms with E-state index in [1.807, 2.05) is 0 Å². The van der Waals surface area contributed by atoms with Gasteiger partial charge in [0, 0.05) is 27.4 Å². The third-order valence-electron chi connectivity index (χ3n) is 2.24. The van der Waals surface area contributed by atoms with Crippen molar-refractivity contribution in [1.82, 2.24) is 4.90 Å². The Labute approximate surface area is 99.9 Å². The van der Waals surface area contributed by atoms with Gasteiger partial charge in [-0.2, -0.15) is 0 Å². The first kappa shape index (κ1) is 15.8. The standard InChI is InChI=1S/C10H19NO6/c1-16-5-3-8(10(14)15)11(4-6-17-2)7-9(12)13/h8H,3-7H2,1-2H3,(H,12,13)(H,14,15). The fourth-order valence-corrected chi connectivity index (χ4v) is 1.42. The molecule has 17 heavy (non-hydrogen) atoms. The van der Waals surface area contributed by atoms with E-state index in [1.54, 1.807) is 0 Å². The highest BCUT2D eigenvalue weighted by molar-refractivity contribution is 5.75. The smallest absolute Gasteiger partial charge is 0.321 e. The van der Waals surface area contributed by atoms with Crippen molar-refractivity contribution in [2.24, 2.45) is 0 Å². The molecule has 0 amide bonds. The van der Waals surface area contributed by atoms with Gasteiger partial charge in [0.05, 0.1) is 13.2 Å². The van der Waals surface area contributed by atoms with Crippen molar-refractivity contribution in [3.8, 4) is 0 Å². The van der Waals surface area contributed by atoms with Gasteiger partial charge in [0.2, 0.25) is 0 Å². The van der Waals surface area contributed by atoms with Gasteiger partial charge in [-0.15, -0.1) is 0 Å². The van der Waals surface area contributed by atoms with Crippen LogP contribution in [0, 0.1) is 0 Å². The van der Waals surface area contributed by atoms with Crippen molar-refractivity contribution >= 4 is 11.9 Å². The Bertz CT molecular complexity index is 245. The van der Waals surface area contributed by atoms with Crippen LogP contribution in [0.2, 0.25) is 0 Å². The number of nitrogens with zero attached hydrogens (tertiary/aromatic N) is 1. The molecule has 0 fully saturated rings. The van der Waals surface area contributed by atoms with Crippen LogP contribution in [0.4, 0.5) is 0 Å². The lowest BCUT2D eigenvalue weighted by Gasteiger charge is -2.26. The zero-order valence-electron chi connectivity index (χ0n) is 10.1. The lowest BCUT2D eigenvalue weighted by molar-refractivity contribution is -0.147. The molecule has 0 rings (SSSR count). The Hall–Kier alpha value is -1.18. The molecule has 1 unspecified atom stereocenters. The minimum absolute atomic E-state index is 0.239. The molecule has 0 aromatic rings. The Kier molecular flexibility index (Phi) is 8.29. The molecule has 2 N–H and O–H groups in total. The van der Waals surface area contributed by atoms with Crippen LogP contribution in [0.3, 0.4) is 0 Å². The SMILES string of the molecule is COCCC(C(=O)O)N(CCOC)CC(=O)O. The maximum atomic E-state index is 11.1. The van der Waals surface area contributed by atoms with Gasteiger partial charge in [-0.25, -0.2) is 0 Å². The summed E-state index contributed by atoms with van der Waals surface area (Å²) in [7, 11) is 2.94. The monoisotopic (exact) mass is 249 g/mol. The summed E-state index contributed by atoms with van der Waals surface area (Å²) in [6.45, 7) is 0.470. The summed E-state index contributed by atoms with van der Waals surface area (Å²) in [5.74, 6) is -2.12. The molecule has 100 valence electrons. The van der Waals surface area contributed by atoms with E-state index in [-0.39, 0.29) is 32.7 Å². The number of rotatable bonds is 10. The van der Waals surface area contributed by atoms with E-state index in [2.05, 4.69) is 0 Å². The average molecular weight is 249 g/mol. The first-order valence-electron chi connectivity index (χ1n) is 5.19. The predicted octanol–water partition coefficient (Wildman–Crippen LogP) is -0.491. The van der Waals surface area contributed by atoms with E-state index in [0.717, 1.165) is 0 Å². The topological polar surface area (TPSA) is 96.3 Å². The largest absolute Gasteiger partial charge is 0.480 e. The lowest BCUT2D eigenvalue weighted by atomic mass is 10.2. The Morgan fingerprint density at radius 2 is 1.76 bits per heavy atom. The van der Waals surface area contributed by atoms with E-state index < -0.39 is 18.0 Å². The molecular formula is C10H19NO6. The molecule has 0 aromatic carbocycles. The van der Waals surface area contributed by atoms with Gasteiger partial charge in [-0.05, 0) is 6.42 Å². The van der Waals surface area contributed by atoms with Crippen molar-refractivity contribution in [1.29, 1.82) is 0 Å². The number of aliphatic carboxylic acids is 2. The molecule has 0 aromatic heterocycles. The maximum Gasteiger partial charge on any atom is 0.321 e. The molecule has 1 atom stereocenters. The number of carboxylic acids is 2. The molecule has 0 spiro atoms. The Morgan fingerprint density at radius 3 is 2.18 bits per heavy atom. The molecule has 0 aliphatic carbocycles. The minimum Gasteiger partial charge on any atom is -0.480 e. The number of carboxylic acid groups (broad SMARTS) is 2. The Morgan fingerprint density at radius 1 is 1.18 bits per heavy atom. The fourth-order valence-electron chi connectivity index (χ4n) is 1.42. The molecule has 0 bridgehead atoms. The summed E-state index contributed by atoms with van der Waals surface area (Å²) in [5, 5.41) is 17.8. The number of carbonyl (C=O) groups is 2. The third kappa shape index (κ3) is 6.88. The quantitative estimate of drug-likeness (QED) is 0.539. The van der Waals surface area contributed by atoms with Crippen LogP contribution in [-0.2, 0) is 19.1 Å². The number of hydrogen-bond acceptors (Lipinski definition) is 5. The lowest BCUT2D eigenvalue weighted by Crippen LogP contribution is -2.46. The zero-order chi connectivity index (χ0) is 13.3. The maximum absolute atomic E-state index is 11.1. The molecule has 7 nitrogen and oxygen atoms in total. The molecular weight excluding hydrogens is 230 g/mol. The average Bonchev–Trinajstić information content (AvgIpc) is 2.24. The van der Waals surface area contributed by atoms with Crippen LogP contribution in [-0.4, -0.2) is 73.6 Å². The van der Waals surface area contributed by atoms with Gasteiger partial charge >= 0.3 is 11.9 Å². The van der Waals surface area contributed by atoms with Gasteiger partial charge in [-0.1, -0.05) is 0 Å². The van der Waals surface area contributed by atoms with Crippen LogP contribution < -0.4 is 0 Å². The van der Waals surface area contributed by atoms with E-state index in [1.165, 1.54) is 19.1 Å². The van der Waals surface area contributed by atoms with Crippen molar-refractivity contribution in [3.63, 3.8) is 0 Å². The minimum atomic E-state index is -1.07. The third-order valence-corrected chi connectivity index (χ3v) is 2.24. The number of methoxy groups -OCH3 is 2. The normalized spacial score (nSPS) is 12.6.